The number of nitrogens with one attached hydrogen (secondary N) is 1. The first kappa shape index (κ1) is 17.5. The van der Waals surface area contributed by atoms with Gasteiger partial charge in [-0.25, -0.2) is 14.4 Å². The number of rotatable bonds is 2. The second kappa shape index (κ2) is 6.52. The fourth-order valence-electron chi connectivity index (χ4n) is 3.02. The zero-order chi connectivity index (χ0) is 18.3. The molecule has 3 rings (SSSR count). The molecule has 7 heteroatoms. The Kier molecular flexibility index (Phi) is 4.56. The predicted molar refractivity (Wildman–Crippen MR) is 94.0 cm³/mol. The van der Waals surface area contributed by atoms with Gasteiger partial charge >= 0.3 is 0 Å². The molecule has 1 aliphatic rings. The van der Waals surface area contributed by atoms with Crippen molar-refractivity contribution in [1.29, 1.82) is 5.41 Å². The van der Waals surface area contributed by atoms with Crippen molar-refractivity contribution in [3.63, 3.8) is 0 Å². The lowest BCUT2D eigenvalue weighted by Gasteiger charge is -2.17. The zero-order valence-corrected chi connectivity index (χ0v) is 15.0. The van der Waals surface area contributed by atoms with Crippen molar-refractivity contribution in [1.82, 2.24) is 14.9 Å². The molecule has 2 aromatic rings. The maximum atomic E-state index is 13.3. The third-order valence-corrected chi connectivity index (χ3v) is 4.95. The molecule has 0 bridgehead atoms. The Morgan fingerprint density at radius 1 is 1.28 bits per heavy atom. The van der Waals surface area contributed by atoms with Crippen molar-refractivity contribution in [3.8, 4) is 0 Å². The number of carbonyl (C=O) groups is 1. The van der Waals surface area contributed by atoms with E-state index in [2.05, 4.69) is 9.97 Å². The molecule has 25 heavy (non-hydrogen) atoms. The summed E-state index contributed by atoms with van der Waals surface area (Å²) >= 11 is 6.11. The van der Waals surface area contributed by atoms with Gasteiger partial charge in [-0.05, 0) is 44.5 Å². The highest BCUT2D eigenvalue weighted by molar-refractivity contribution is 6.31. The van der Waals surface area contributed by atoms with E-state index < -0.39 is 0 Å². The molecule has 1 amide bonds. The second-order valence-corrected chi connectivity index (χ2v) is 6.67. The lowest BCUT2D eigenvalue weighted by atomic mass is 10.1. The normalized spacial score (nSPS) is 17.2. The quantitative estimate of drug-likeness (QED) is 0.891. The molecule has 1 N–H and O–H groups in total. The Hall–Kier alpha value is -2.34. The van der Waals surface area contributed by atoms with Crippen LogP contribution in [0.2, 0.25) is 5.02 Å². The van der Waals surface area contributed by atoms with Gasteiger partial charge in [0.05, 0.1) is 28.9 Å². The van der Waals surface area contributed by atoms with Gasteiger partial charge in [0.2, 0.25) is 0 Å². The summed E-state index contributed by atoms with van der Waals surface area (Å²) in [4.78, 5) is 23.1. The largest absolute Gasteiger partial charge is 0.332 e. The topological polar surface area (TPSA) is 69.9 Å². The van der Waals surface area contributed by atoms with Crippen LogP contribution in [0.4, 0.5) is 4.39 Å². The van der Waals surface area contributed by atoms with Crippen LogP contribution in [-0.2, 0) is 0 Å². The van der Waals surface area contributed by atoms with Gasteiger partial charge in [-0.15, -0.1) is 0 Å². The minimum atomic E-state index is -0.374. The minimum absolute atomic E-state index is 0.213. The Bertz CT molecular complexity index is 860. The van der Waals surface area contributed by atoms with Crippen molar-refractivity contribution >= 4 is 23.2 Å². The third kappa shape index (κ3) is 3.26. The average molecular weight is 361 g/mol. The van der Waals surface area contributed by atoms with Crippen LogP contribution >= 0.6 is 11.6 Å². The van der Waals surface area contributed by atoms with Gasteiger partial charge in [0, 0.05) is 17.8 Å². The molecule has 0 radical (unpaired) electrons. The molecular formula is C18H18ClFN4O. The SMILES string of the molecule is Cc1cc(F)ccc1C(=O)N1CC(=N)C(c2nc(C)c(Cl)c(C)n2)C1. The molecule has 1 aromatic carbocycles. The summed E-state index contributed by atoms with van der Waals surface area (Å²) in [5.41, 5.74) is 2.73. The summed E-state index contributed by atoms with van der Waals surface area (Å²) in [5, 5.41) is 8.76. The average Bonchev–Trinajstić information content (AvgIpc) is 2.93. The first-order chi connectivity index (χ1) is 11.8. The number of hydrogen-bond acceptors (Lipinski definition) is 4. The highest BCUT2D eigenvalue weighted by atomic mass is 35.5. The second-order valence-electron chi connectivity index (χ2n) is 6.29. The number of aryl methyl sites for hydroxylation is 3. The first-order valence-electron chi connectivity index (χ1n) is 7.91. The van der Waals surface area contributed by atoms with Crippen molar-refractivity contribution in [3.05, 3.63) is 57.4 Å². The lowest BCUT2D eigenvalue weighted by Crippen LogP contribution is -2.29. The van der Waals surface area contributed by atoms with E-state index in [9.17, 15) is 9.18 Å². The van der Waals surface area contributed by atoms with E-state index in [1.807, 2.05) is 0 Å². The number of aromatic nitrogens is 2. The van der Waals surface area contributed by atoms with Gasteiger partial charge in [-0.3, -0.25) is 4.79 Å². The summed E-state index contributed by atoms with van der Waals surface area (Å²) in [6.45, 7) is 5.83. The minimum Gasteiger partial charge on any atom is -0.332 e. The number of hydrogen-bond donors (Lipinski definition) is 1. The van der Waals surface area contributed by atoms with E-state index in [0.717, 1.165) is 0 Å². The predicted octanol–water partition coefficient (Wildman–Crippen LogP) is 3.45. The summed E-state index contributed by atoms with van der Waals surface area (Å²) in [5.74, 6) is -0.427. The summed E-state index contributed by atoms with van der Waals surface area (Å²) < 4.78 is 13.3. The molecule has 130 valence electrons. The molecule has 0 saturated carbocycles. The maximum Gasteiger partial charge on any atom is 0.254 e. The van der Waals surface area contributed by atoms with Crippen molar-refractivity contribution in [2.75, 3.05) is 13.1 Å². The first-order valence-corrected chi connectivity index (χ1v) is 8.29. The van der Waals surface area contributed by atoms with Crippen molar-refractivity contribution < 1.29 is 9.18 Å². The third-order valence-electron chi connectivity index (χ3n) is 4.40. The van der Waals surface area contributed by atoms with Crippen LogP contribution in [0, 0.1) is 32.0 Å². The fraction of sp³-hybridized carbons (Fsp3) is 0.333. The fourth-order valence-corrected chi connectivity index (χ4v) is 3.11. The molecule has 1 atom stereocenters. The number of carbonyl (C=O) groups excluding carboxylic acids is 1. The number of benzene rings is 1. The van der Waals surface area contributed by atoms with Gasteiger partial charge < -0.3 is 10.3 Å². The van der Waals surface area contributed by atoms with Crippen molar-refractivity contribution in [2.45, 2.75) is 26.7 Å². The van der Waals surface area contributed by atoms with E-state index in [-0.39, 0.29) is 24.2 Å². The standard InChI is InChI=1S/C18H18ClFN4O/c1-9-6-12(20)4-5-13(9)18(25)24-7-14(15(21)8-24)17-22-10(2)16(19)11(3)23-17/h4-6,14,21H,7-8H2,1-3H3. The highest BCUT2D eigenvalue weighted by Crippen LogP contribution is 2.27. The number of halogens is 2. The van der Waals surface area contributed by atoms with E-state index in [0.29, 0.717) is 45.6 Å². The Balaban J connectivity index is 1.86. The van der Waals surface area contributed by atoms with Gasteiger partial charge in [0.1, 0.15) is 11.6 Å². The Morgan fingerprint density at radius 3 is 2.52 bits per heavy atom. The summed E-state index contributed by atoms with van der Waals surface area (Å²) in [6.07, 6.45) is 0. The maximum absolute atomic E-state index is 13.3. The van der Waals surface area contributed by atoms with Crippen LogP contribution < -0.4 is 0 Å². The Morgan fingerprint density at radius 2 is 1.92 bits per heavy atom. The molecule has 2 heterocycles. The van der Waals surface area contributed by atoms with E-state index in [1.54, 1.807) is 25.7 Å². The molecule has 0 spiro atoms. The molecule has 5 nitrogen and oxygen atoms in total. The molecular weight excluding hydrogens is 343 g/mol. The molecule has 1 aliphatic heterocycles. The lowest BCUT2D eigenvalue weighted by molar-refractivity contribution is 0.0794. The van der Waals surface area contributed by atoms with Crippen LogP contribution in [0.3, 0.4) is 0 Å². The molecule has 1 unspecified atom stereocenters. The van der Waals surface area contributed by atoms with Crippen LogP contribution in [-0.4, -0.2) is 39.6 Å². The Labute approximate surface area is 150 Å². The van der Waals surface area contributed by atoms with Crippen LogP contribution in [0.15, 0.2) is 18.2 Å². The smallest absolute Gasteiger partial charge is 0.254 e. The highest BCUT2D eigenvalue weighted by Gasteiger charge is 2.35. The number of likely N-dealkylation sites (tertiary alicyclic amines) is 1. The molecule has 1 aromatic heterocycles. The monoisotopic (exact) mass is 360 g/mol. The zero-order valence-electron chi connectivity index (χ0n) is 14.2. The summed E-state index contributed by atoms with van der Waals surface area (Å²) in [6, 6.07) is 4.09. The number of amides is 1. The molecule has 0 aliphatic carbocycles. The van der Waals surface area contributed by atoms with E-state index in [1.165, 1.54) is 18.2 Å². The molecule has 1 saturated heterocycles. The van der Waals surface area contributed by atoms with Gasteiger partial charge in [0.15, 0.2) is 0 Å². The van der Waals surface area contributed by atoms with Gasteiger partial charge in [0.25, 0.3) is 5.91 Å². The van der Waals surface area contributed by atoms with Crippen LogP contribution in [0.25, 0.3) is 0 Å². The van der Waals surface area contributed by atoms with Crippen molar-refractivity contribution in [2.24, 2.45) is 0 Å². The summed E-state index contributed by atoms with van der Waals surface area (Å²) in [7, 11) is 0. The van der Waals surface area contributed by atoms with E-state index in [4.69, 9.17) is 17.0 Å². The van der Waals surface area contributed by atoms with E-state index >= 15 is 0 Å². The van der Waals surface area contributed by atoms with Crippen LogP contribution in [0.5, 0.6) is 0 Å². The molecule has 1 fully saturated rings. The van der Waals surface area contributed by atoms with Crippen LogP contribution in [0.1, 0.15) is 39.1 Å². The van der Waals surface area contributed by atoms with Gasteiger partial charge in [-0.2, -0.15) is 0 Å². The van der Waals surface area contributed by atoms with Gasteiger partial charge in [-0.1, -0.05) is 11.6 Å². The number of nitrogens with zero attached hydrogens (tertiary/aromatic N) is 3.